The van der Waals surface area contributed by atoms with Gasteiger partial charge in [0, 0.05) is 0 Å². The second kappa shape index (κ2) is 15.7. The molecule has 0 radical (unpaired) electrons. The van der Waals surface area contributed by atoms with Gasteiger partial charge in [-0.25, -0.2) is 0 Å². The van der Waals surface area contributed by atoms with Crippen molar-refractivity contribution in [3.63, 3.8) is 0 Å². The normalized spacial score (nSPS) is 5.14. The minimum absolute atomic E-state index is 0. The zero-order chi connectivity index (χ0) is 3.58. The van der Waals surface area contributed by atoms with Gasteiger partial charge in [0.25, 0.3) is 0 Å². The molecule has 50 valence electrons. The molecule has 0 atom stereocenters. The van der Waals surface area contributed by atoms with Crippen molar-refractivity contribution in [2.45, 2.75) is 0 Å². The average molecular weight is 235 g/mol. The van der Waals surface area contributed by atoms with E-state index in [2.05, 4.69) is 0 Å². The molecule has 0 saturated heterocycles. The van der Waals surface area contributed by atoms with Crippen molar-refractivity contribution in [3.8, 4) is 0 Å². The maximum absolute atomic E-state index is 7.31. The van der Waals surface area contributed by atoms with Crippen molar-refractivity contribution >= 4 is 52.9 Å². The van der Waals surface area contributed by atoms with Crippen molar-refractivity contribution in [2.75, 3.05) is 0 Å². The summed E-state index contributed by atoms with van der Waals surface area (Å²) >= 11 is -3.19. The first kappa shape index (κ1) is 23.9. The van der Waals surface area contributed by atoms with E-state index < -0.39 is 15.7 Å². The van der Waals surface area contributed by atoms with Gasteiger partial charge in [0.15, 0.2) is 0 Å². The van der Waals surface area contributed by atoms with Crippen LogP contribution in [-0.2, 0) is 0 Å². The fourth-order valence-electron chi connectivity index (χ4n) is 0. The van der Waals surface area contributed by atoms with Crippen LogP contribution in [0.3, 0.4) is 0 Å². The number of hydrogen-bond donors (Lipinski definition) is 3. The number of rotatable bonds is 0. The summed E-state index contributed by atoms with van der Waals surface area (Å²) < 4.78 is 21.9. The zero-order valence-corrected chi connectivity index (χ0v) is 7.34. The number of halogens is 3. The Morgan fingerprint density at radius 1 is 0.714 bits per heavy atom. The SMILES string of the molecule is Cl.Cl.Cl.O[As](O)O. The minimum atomic E-state index is -3.19. The summed E-state index contributed by atoms with van der Waals surface area (Å²) in [4.78, 5) is 0. The Bertz CT molecular complexity index is 14.9. The second-order valence-electron chi connectivity index (χ2n) is 0.268. The van der Waals surface area contributed by atoms with Gasteiger partial charge in [-0.1, -0.05) is 0 Å². The van der Waals surface area contributed by atoms with Gasteiger partial charge in [0.1, 0.15) is 0 Å². The first-order valence-corrected chi connectivity index (χ1v) is 3.12. The van der Waals surface area contributed by atoms with Gasteiger partial charge < -0.3 is 0 Å². The Kier molecular flexibility index (Phi) is 53.5. The van der Waals surface area contributed by atoms with E-state index in [0.29, 0.717) is 0 Å². The third-order valence-electron chi connectivity index (χ3n) is 0. The van der Waals surface area contributed by atoms with E-state index in [1.165, 1.54) is 0 Å². The van der Waals surface area contributed by atoms with Gasteiger partial charge in [0.05, 0.1) is 0 Å². The molecular formula is H6AsCl3O3. The Labute approximate surface area is 65.3 Å². The molecule has 0 saturated carbocycles. The summed E-state index contributed by atoms with van der Waals surface area (Å²) in [6.45, 7) is 0. The molecule has 3 N–H and O–H groups in total. The fraction of sp³-hybridized carbons (Fsp3) is 0. The van der Waals surface area contributed by atoms with E-state index in [1.54, 1.807) is 0 Å². The van der Waals surface area contributed by atoms with Gasteiger partial charge in [-0.15, -0.1) is 37.2 Å². The molecule has 0 aliphatic heterocycles. The molecule has 0 aromatic heterocycles. The summed E-state index contributed by atoms with van der Waals surface area (Å²) in [5.74, 6) is 0. The monoisotopic (exact) mass is 234 g/mol. The zero-order valence-electron chi connectivity index (χ0n) is 3.01. The molecular weight excluding hydrogens is 229 g/mol. The quantitative estimate of drug-likeness (QED) is 0.482. The van der Waals surface area contributed by atoms with Crippen LogP contribution in [0, 0.1) is 0 Å². The van der Waals surface area contributed by atoms with Crippen LogP contribution in [0.5, 0.6) is 0 Å². The fourth-order valence-corrected chi connectivity index (χ4v) is 0. The summed E-state index contributed by atoms with van der Waals surface area (Å²) in [5, 5.41) is 0. The van der Waals surface area contributed by atoms with Gasteiger partial charge in [0.2, 0.25) is 0 Å². The first-order chi connectivity index (χ1) is 1.73. The molecule has 0 aliphatic carbocycles. The molecule has 0 spiro atoms. The van der Waals surface area contributed by atoms with Crippen LogP contribution in [0.1, 0.15) is 0 Å². The molecule has 0 amide bonds. The standard InChI is InChI=1S/AsH3O3.3ClH/c2-1(3)4;;;/h2-4H;3*1H. The van der Waals surface area contributed by atoms with Crippen LogP contribution in [0.15, 0.2) is 0 Å². The van der Waals surface area contributed by atoms with E-state index in [-0.39, 0.29) is 37.2 Å². The first-order valence-electron chi connectivity index (χ1n) is 0.600. The Hall–Kier alpha value is 1.31. The molecule has 0 aromatic carbocycles. The molecule has 0 aliphatic rings. The molecule has 7 heavy (non-hydrogen) atoms. The second-order valence-corrected chi connectivity index (χ2v) is 1.39. The Morgan fingerprint density at radius 2 is 0.714 bits per heavy atom. The molecule has 3 nitrogen and oxygen atoms in total. The molecule has 0 heterocycles. The molecule has 0 fully saturated rings. The van der Waals surface area contributed by atoms with Crippen molar-refractivity contribution in [2.24, 2.45) is 0 Å². The summed E-state index contributed by atoms with van der Waals surface area (Å²) in [6, 6.07) is 0. The van der Waals surface area contributed by atoms with E-state index >= 15 is 0 Å². The molecule has 0 unspecified atom stereocenters. The van der Waals surface area contributed by atoms with Gasteiger partial charge in [-0.2, -0.15) is 0 Å². The summed E-state index contributed by atoms with van der Waals surface area (Å²) in [6.07, 6.45) is 0. The Balaban J connectivity index is -0.0000000150. The van der Waals surface area contributed by atoms with Crippen molar-refractivity contribution in [1.29, 1.82) is 0 Å². The topological polar surface area (TPSA) is 60.7 Å². The summed E-state index contributed by atoms with van der Waals surface area (Å²) in [5.41, 5.74) is 0. The van der Waals surface area contributed by atoms with Crippen molar-refractivity contribution < 1.29 is 12.3 Å². The average Bonchev–Trinajstić information content (AvgIpc) is 0.811. The number of hydrogen-bond acceptors (Lipinski definition) is 3. The van der Waals surface area contributed by atoms with Crippen molar-refractivity contribution in [1.82, 2.24) is 0 Å². The molecule has 0 rings (SSSR count). The Morgan fingerprint density at radius 3 is 0.714 bits per heavy atom. The van der Waals surface area contributed by atoms with E-state index in [0.717, 1.165) is 0 Å². The maximum atomic E-state index is 7.31. The third kappa shape index (κ3) is 120. The van der Waals surface area contributed by atoms with E-state index in [9.17, 15) is 0 Å². The van der Waals surface area contributed by atoms with Gasteiger partial charge >= 0.3 is 28.0 Å². The van der Waals surface area contributed by atoms with Crippen LogP contribution >= 0.6 is 37.2 Å². The third-order valence-corrected chi connectivity index (χ3v) is 0. The molecule has 0 bridgehead atoms. The predicted octanol–water partition coefficient (Wildman–Crippen LogP) is -0.786. The van der Waals surface area contributed by atoms with Gasteiger partial charge in [-0.3, -0.25) is 0 Å². The van der Waals surface area contributed by atoms with Crippen LogP contribution < -0.4 is 0 Å². The van der Waals surface area contributed by atoms with Crippen LogP contribution in [0.25, 0.3) is 0 Å². The van der Waals surface area contributed by atoms with Gasteiger partial charge in [-0.05, 0) is 0 Å². The van der Waals surface area contributed by atoms with E-state index in [4.69, 9.17) is 12.3 Å². The molecule has 0 aromatic rings. The molecule has 7 heteroatoms. The van der Waals surface area contributed by atoms with Crippen LogP contribution in [-0.4, -0.2) is 28.0 Å². The van der Waals surface area contributed by atoms with E-state index in [1.807, 2.05) is 0 Å². The van der Waals surface area contributed by atoms with Crippen LogP contribution in [0.2, 0.25) is 0 Å². The van der Waals surface area contributed by atoms with Crippen LogP contribution in [0.4, 0.5) is 0 Å². The summed E-state index contributed by atoms with van der Waals surface area (Å²) in [7, 11) is 0. The van der Waals surface area contributed by atoms with Crippen molar-refractivity contribution in [3.05, 3.63) is 0 Å². The predicted molar refractivity (Wildman–Crippen MR) is 34.2 cm³/mol.